The van der Waals surface area contributed by atoms with E-state index in [1.807, 2.05) is 0 Å². The van der Waals surface area contributed by atoms with Crippen LogP contribution in [0.1, 0.15) is 15.9 Å². The molecule has 4 rings (SSSR count). The summed E-state index contributed by atoms with van der Waals surface area (Å²) < 4.78 is 13.1. The quantitative estimate of drug-likeness (QED) is 0.801. The highest BCUT2D eigenvalue weighted by molar-refractivity contribution is 6.01. The maximum Gasteiger partial charge on any atom is 0.324 e. The van der Waals surface area contributed by atoms with Gasteiger partial charge in [0.2, 0.25) is 5.91 Å². The zero-order valence-electron chi connectivity index (χ0n) is 15.8. The Bertz CT molecular complexity index is 906. The molecule has 0 aromatic heterocycles. The van der Waals surface area contributed by atoms with Crippen LogP contribution in [0.2, 0.25) is 0 Å². The third-order valence-corrected chi connectivity index (χ3v) is 5.24. The number of imide groups is 1. The SMILES string of the molecule is O=C(c1ccc(CN2C(=O)CNC2=O)cc1)N1CCN(c2ccc(F)cc2)CC1. The van der Waals surface area contributed by atoms with Gasteiger partial charge in [-0.15, -0.1) is 0 Å². The fourth-order valence-corrected chi connectivity index (χ4v) is 3.55. The van der Waals surface area contributed by atoms with E-state index >= 15 is 0 Å². The number of carbonyl (C=O) groups excluding carboxylic acids is 3. The Hall–Kier alpha value is -3.42. The second-order valence-electron chi connectivity index (χ2n) is 7.09. The Morgan fingerprint density at radius 1 is 0.931 bits per heavy atom. The Labute approximate surface area is 167 Å². The molecule has 0 spiro atoms. The van der Waals surface area contributed by atoms with Gasteiger partial charge in [0.05, 0.1) is 13.1 Å². The largest absolute Gasteiger partial charge is 0.368 e. The summed E-state index contributed by atoms with van der Waals surface area (Å²) in [4.78, 5) is 41.2. The number of nitrogens with zero attached hydrogens (tertiary/aromatic N) is 3. The van der Waals surface area contributed by atoms with Gasteiger partial charge in [-0.05, 0) is 42.0 Å². The monoisotopic (exact) mass is 396 g/mol. The van der Waals surface area contributed by atoms with E-state index in [0.29, 0.717) is 31.7 Å². The number of rotatable bonds is 4. The second-order valence-corrected chi connectivity index (χ2v) is 7.09. The van der Waals surface area contributed by atoms with Crippen LogP contribution in [0.15, 0.2) is 48.5 Å². The fraction of sp³-hybridized carbons (Fsp3) is 0.286. The van der Waals surface area contributed by atoms with Crippen molar-refractivity contribution in [1.82, 2.24) is 15.1 Å². The smallest absolute Gasteiger partial charge is 0.324 e. The number of benzene rings is 2. The van der Waals surface area contributed by atoms with Crippen molar-refractivity contribution in [3.63, 3.8) is 0 Å². The van der Waals surface area contributed by atoms with Crippen molar-refractivity contribution in [2.75, 3.05) is 37.6 Å². The minimum Gasteiger partial charge on any atom is -0.368 e. The van der Waals surface area contributed by atoms with Crippen molar-refractivity contribution in [1.29, 1.82) is 0 Å². The molecule has 2 saturated heterocycles. The average molecular weight is 396 g/mol. The molecule has 0 bridgehead atoms. The van der Waals surface area contributed by atoms with Crippen molar-refractivity contribution in [2.45, 2.75) is 6.54 Å². The van der Waals surface area contributed by atoms with Crippen LogP contribution in [-0.2, 0) is 11.3 Å². The van der Waals surface area contributed by atoms with Crippen molar-refractivity contribution < 1.29 is 18.8 Å². The number of piperazine rings is 1. The summed E-state index contributed by atoms with van der Waals surface area (Å²) in [6.07, 6.45) is 0. The molecule has 4 amide bonds. The fourth-order valence-electron chi connectivity index (χ4n) is 3.55. The van der Waals surface area contributed by atoms with E-state index in [2.05, 4.69) is 10.2 Å². The molecule has 29 heavy (non-hydrogen) atoms. The lowest BCUT2D eigenvalue weighted by Gasteiger charge is -2.36. The predicted molar refractivity (Wildman–Crippen MR) is 105 cm³/mol. The summed E-state index contributed by atoms with van der Waals surface area (Å²) >= 11 is 0. The van der Waals surface area contributed by atoms with Gasteiger partial charge in [0.25, 0.3) is 5.91 Å². The minimum atomic E-state index is -0.394. The lowest BCUT2D eigenvalue weighted by atomic mass is 10.1. The van der Waals surface area contributed by atoms with Crippen LogP contribution in [0.25, 0.3) is 0 Å². The first-order chi connectivity index (χ1) is 14.0. The first-order valence-corrected chi connectivity index (χ1v) is 9.48. The Balaban J connectivity index is 1.34. The molecule has 0 radical (unpaired) electrons. The van der Waals surface area contributed by atoms with Crippen molar-refractivity contribution in [2.24, 2.45) is 0 Å². The predicted octanol–water partition coefficient (Wildman–Crippen LogP) is 1.84. The molecule has 0 unspecified atom stereocenters. The molecule has 2 heterocycles. The average Bonchev–Trinajstić information content (AvgIpc) is 3.06. The molecular weight excluding hydrogens is 375 g/mol. The summed E-state index contributed by atoms with van der Waals surface area (Å²) in [5.74, 6) is -0.569. The summed E-state index contributed by atoms with van der Waals surface area (Å²) in [6.45, 7) is 2.75. The molecule has 2 aromatic carbocycles. The van der Waals surface area contributed by atoms with E-state index in [4.69, 9.17) is 0 Å². The van der Waals surface area contributed by atoms with E-state index in [-0.39, 0.29) is 30.7 Å². The van der Waals surface area contributed by atoms with Gasteiger partial charge in [-0.1, -0.05) is 12.1 Å². The standard InChI is InChI=1S/C21H21FN4O3/c22-17-5-7-18(8-6-17)24-9-11-25(12-10-24)20(28)16-3-1-15(2-4-16)14-26-19(27)13-23-21(26)29/h1-8H,9-14H2,(H,23,29). The lowest BCUT2D eigenvalue weighted by molar-refractivity contribution is -0.125. The van der Waals surface area contributed by atoms with Crippen molar-refractivity contribution in [3.05, 3.63) is 65.5 Å². The lowest BCUT2D eigenvalue weighted by Crippen LogP contribution is -2.48. The van der Waals surface area contributed by atoms with Gasteiger partial charge >= 0.3 is 6.03 Å². The molecule has 0 saturated carbocycles. The Morgan fingerprint density at radius 2 is 1.59 bits per heavy atom. The number of carbonyl (C=O) groups is 3. The molecule has 1 N–H and O–H groups in total. The zero-order valence-corrected chi connectivity index (χ0v) is 15.8. The van der Waals surface area contributed by atoms with Gasteiger partial charge in [0, 0.05) is 37.4 Å². The van der Waals surface area contributed by atoms with Gasteiger partial charge < -0.3 is 15.1 Å². The molecule has 2 fully saturated rings. The van der Waals surface area contributed by atoms with Gasteiger partial charge in [0.15, 0.2) is 0 Å². The third-order valence-electron chi connectivity index (χ3n) is 5.24. The van der Waals surface area contributed by atoms with E-state index in [1.165, 1.54) is 12.1 Å². The molecule has 8 heteroatoms. The van der Waals surface area contributed by atoms with Gasteiger partial charge in [-0.2, -0.15) is 0 Å². The molecule has 7 nitrogen and oxygen atoms in total. The van der Waals surface area contributed by atoms with E-state index < -0.39 is 6.03 Å². The summed E-state index contributed by atoms with van der Waals surface area (Å²) in [6, 6.07) is 13.0. The molecule has 2 aliphatic heterocycles. The summed E-state index contributed by atoms with van der Waals surface area (Å²) in [5.41, 5.74) is 2.30. The van der Waals surface area contributed by atoms with Crippen LogP contribution in [0.3, 0.4) is 0 Å². The molecule has 2 aliphatic rings. The zero-order chi connectivity index (χ0) is 20.4. The first kappa shape index (κ1) is 18.9. The molecule has 0 aliphatic carbocycles. The van der Waals surface area contributed by atoms with Crippen LogP contribution in [0, 0.1) is 5.82 Å². The molecular formula is C21H21FN4O3. The summed E-state index contributed by atoms with van der Waals surface area (Å²) in [5, 5.41) is 2.48. The van der Waals surface area contributed by atoms with Gasteiger partial charge in [-0.25, -0.2) is 9.18 Å². The van der Waals surface area contributed by atoms with Crippen LogP contribution >= 0.6 is 0 Å². The number of amides is 4. The summed E-state index contributed by atoms with van der Waals surface area (Å²) in [7, 11) is 0. The first-order valence-electron chi connectivity index (χ1n) is 9.48. The number of urea groups is 1. The number of hydrogen-bond acceptors (Lipinski definition) is 4. The molecule has 150 valence electrons. The Morgan fingerprint density at radius 3 is 2.17 bits per heavy atom. The van der Waals surface area contributed by atoms with Crippen LogP contribution in [0.5, 0.6) is 0 Å². The van der Waals surface area contributed by atoms with Gasteiger partial charge in [-0.3, -0.25) is 14.5 Å². The number of hydrogen-bond donors (Lipinski definition) is 1. The highest BCUT2D eigenvalue weighted by Gasteiger charge is 2.28. The maximum atomic E-state index is 13.1. The van der Waals surface area contributed by atoms with Crippen molar-refractivity contribution in [3.8, 4) is 0 Å². The van der Waals surface area contributed by atoms with Gasteiger partial charge in [0.1, 0.15) is 5.82 Å². The van der Waals surface area contributed by atoms with Crippen LogP contribution in [-0.4, -0.2) is 60.4 Å². The van der Waals surface area contributed by atoms with Crippen LogP contribution in [0.4, 0.5) is 14.9 Å². The van der Waals surface area contributed by atoms with Crippen molar-refractivity contribution >= 4 is 23.5 Å². The highest BCUT2D eigenvalue weighted by Crippen LogP contribution is 2.18. The Kier molecular flexibility index (Phi) is 5.16. The van der Waals surface area contributed by atoms with Crippen LogP contribution < -0.4 is 10.2 Å². The minimum absolute atomic E-state index is 0.0271. The number of anilines is 1. The van der Waals surface area contributed by atoms with E-state index in [1.54, 1.807) is 41.3 Å². The van der Waals surface area contributed by atoms with E-state index in [9.17, 15) is 18.8 Å². The normalized spacial score (nSPS) is 16.9. The molecule has 0 atom stereocenters. The molecule has 2 aromatic rings. The number of nitrogens with one attached hydrogen (secondary N) is 1. The van der Waals surface area contributed by atoms with E-state index in [0.717, 1.165) is 16.2 Å². The topological polar surface area (TPSA) is 73.0 Å². The number of halogens is 1. The maximum absolute atomic E-state index is 13.1. The highest BCUT2D eigenvalue weighted by atomic mass is 19.1. The third kappa shape index (κ3) is 4.06. The second kappa shape index (κ2) is 7.90.